The molecule has 0 radical (unpaired) electrons. The number of carbonyl (C=O) groups is 3. The zero-order valence-corrected chi connectivity index (χ0v) is 23.6. The number of rotatable bonds is 13. The average Bonchev–Trinajstić information content (AvgIpc) is 3.12. The smallest absolute Gasteiger partial charge is 0.303 e. The molecule has 1 fully saturated rings. The van der Waals surface area contributed by atoms with Gasteiger partial charge in [-0.1, -0.05) is 30.6 Å². The van der Waals surface area contributed by atoms with Gasteiger partial charge in [-0.25, -0.2) is 0 Å². The number of allylic oxidation sites excluding steroid dienone is 2. The molecular weight excluding hydrogens is 498 g/mol. The standard InChI is InChI=1S/C31H43NO7/c1-5-21(16-22-13-19(3)29(37)20(4)14-22)10-11-25(34)27-18(2)15-23-28(24(27)17-33)31(39)32(30(23)38)12-8-6-7-9-26(35)36/h13-14,16,23-25,28,33-34,37H,5-12,15,17H2,1-4H3,(H,35,36)/b21-16+/t23-,24+,25-,28-/m1/s1. The maximum atomic E-state index is 13.3. The van der Waals surface area contributed by atoms with Crippen molar-refractivity contribution in [3.8, 4) is 5.75 Å². The van der Waals surface area contributed by atoms with Gasteiger partial charge < -0.3 is 20.4 Å². The molecule has 1 aromatic carbocycles. The van der Waals surface area contributed by atoms with Gasteiger partial charge in [-0.3, -0.25) is 19.3 Å². The molecule has 1 aromatic rings. The zero-order valence-electron chi connectivity index (χ0n) is 23.6. The van der Waals surface area contributed by atoms with Crippen LogP contribution in [0.4, 0.5) is 0 Å². The Morgan fingerprint density at radius 3 is 2.33 bits per heavy atom. The van der Waals surface area contributed by atoms with E-state index < -0.39 is 29.8 Å². The Morgan fingerprint density at radius 1 is 1.08 bits per heavy atom. The highest BCUT2D eigenvalue weighted by Crippen LogP contribution is 2.46. The predicted octanol–water partition coefficient (Wildman–Crippen LogP) is 4.52. The summed E-state index contributed by atoms with van der Waals surface area (Å²) in [4.78, 5) is 38.5. The first kappa shape index (κ1) is 30.6. The van der Waals surface area contributed by atoms with Crippen LogP contribution in [0, 0.1) is 31.6 Å². The first-order chi connectivity index (χ1) is 18.5. The molecule has 0 aromatic heterocycles. The van der Waals surface area contributed by atoms with Gasteiger partial charge >= 0.3 is 5.97 Å². The predicted molar refractivity (Wildman–Crippen MR) is 149 cm³/mol. The number of carboxylic acids is 1. The average molecular weight is 542 g/mol. The van der Waals surface area contributed by atoms with Crippen LogP contribution >= 0.6 is 0 Å². The number of fused-ring (bicyclic) bond motifs is 1. The molecule has 4 atom stereocenters. The van der Waals surface area contributed by atoms with Gasteiger partial charge in [0.1, 0.15) is 5.75 Å². The highest BCUT2D eigenvalue weighted by molar-refractivity contribution is 6.05. The van der Waals surface area contributed by atoms with Crippen LogP contribution in [0.15, 0.2) is 28.9 Å². The minimum atomic E-state index is -0.861. The molecule has 0 unspecified atom stereocenters. The van der Waals surface area contributed by atoms with Crippen LogP contribution in [0.5, 0.6) is 5.75 Å². The molecule has 1 heterocycles. The van der Waals surface area contributed by atoms with E-state index in [0.29, 0.717) is 49.8 Å². The van der Waals surface area contributed by atoms with Gasteiger partial charge in [0.05, 0.1) is 24.5 Å². The van der Waals surface area contributed by atoms with Crippen molar-refractivity contribution in [1.82, 2.24) is 4.90 Å². The van der Waals surface area contributed by atoms with Crippen molar-refractivity contribution in [2.24, 2.45) is 17.8 Å². The Morgan fingerprint density at radius 2 is 1.74 bits per heavy atom. The molecular formula is C31H43NO7. The number of hydrogen-bond acceptors (Lipinski definition) is 6. The number of aliphatic carboxylic acids is 1. The minimum absolute atomic E-state index is 0.0627. The van der Waals surface area contributed by atoms with Crippen molar-refractivity contribution >= 4 is 23.9 Å². The lowest BCUT2D eigenvalue weighted by Gasteiger charge is -2.35. The number of aliphatic hydroxyl groups is 2. The normalized spacial score (nSPS) is 22.5. The Bertz CT molecular complexity index is 1130. The Hall–Kier alpha value is -2.97. The second kappa shape index (κ2) is 13.4. The van der Waals surface area contributed by atoms with Crippen molar-refractivity contribution in [2.75, 3.05) is 13.2 Å². The van der Waals surface area contributed by atoms with E-state index in [1.54, 1.807) is 0 Å². The molecule has 0 bridgehead atoms. The molecule has 8 nitrogen and oxygen atoms in total. The number of aryl methyl sites for hydroxylation is 2. The molecule has 2 amide bonds. The lowest BCUT2D eigenvalue weighted by Crippen LogP contribution is -2.39. The molecule has 4 N–H and O–H groups in total. The summed E-state index contributed by atoms with van der Waals surface area (Å²) in [5, 5.41) is 40.5. The summed E-state index contributed by atoms with van der Waals surface area (Å²) in [6.07, 6.45) is 5.21. The van der Waals surface area contributed by atoms with E-state index in [2.05, 4.69) is 13.0 Å². The molecule has 214 valence electrons. The number of hydrogen-bond donors (Lipinski definition) is 4. The fraction of sp³-hybridized carbons (Fsp3) is 0.581. The van der Waals surface area contributed by atoms with Crippen LogP contribution in [-0.2, 0) is 14.4 Å². The third-order valence-corrected chi connectivity index (χ3v) is 8.33. The highest BCUT2D eigenvalue weighted by atomic mass is 16.4. The number of carboxylic acid groups (broad SMARTS) is 1. The second-order valence-corrected chi connectivity index (χ2v) is 11.1. The second-order valence-electron chi connectivity index (χ2n) is 11.1. The van der Waals surface area contributed by atoms with Crippen LogP contribution in [0.25, 0.3) is 6.08 Å². The van der Waals surface area contributed by atoms with Crippen LogP contribution in [0.1, 0.15) is 81.9 Å². The van der Waals surface area contributed by atoms with Crippen molar-refractivity contribution < 1.29 is 34.8 Å². The van der Waals surface area contributed by atoms with Crippen molar-refractivity contribution in [3.05, 3.63) is 45.5 Å². The van der Waals surface area contributed by atoms with E-state index in [1.165, 1.54) is 4.90 Å². The topological polar surface area (TPSA) is 135 Å². The molecule has 3 rings (SSSR count). The summed E-state index contributed by atoms with van der Waals surface area (Å²) >= 11 is 0. The number of nitrogens with zero attached hydrogens (tertiary/aromatic N) is 1. The van der Waals surface area contributed by atoms with Crippen molar-refractivity contribution in [1.29, 1.82) is 0 Å². The van der Waals surface area contributed by atoms with Crippen LogP contribution in [-0.4, -0.2) is 62.4 Å². The monoisotopic (exact) mass is 541 g/mol. The van der Waals surface area contributed by atoms with Crippen molar-refractivity contribution in [3.63, 3.8) is 0 Å². The Balaban J connectivity index is 1.70. The van der Waals surface area contributed by atoms with Gasteiger partial charge in [-0.05, 0) is 93.7 Å². The molecule has 8 heteroatoms. The van der Waals surface area contributed by atoms with Gasteiger partial charge in [0, 0.05) is 18.9 Å². The van der Waals surface area contributed by atoms with E-state index in [1.807, 2.05) is 32.9 Å². The number of carbonyl (C=O) groups excluding carboxylic acids is 2. The number of phenolic OH excluding ortho intramolecular Hbond substituents is 1. The summed E-state index contributed by atoms with van der Waals surface area (Å²) in [7, 11) is 0. The fourth-order valence-electron chi connectivity index (χ4n) is 6.26. The molecule has 0 saturated carbocycles. The number of imide groups is 1. The fourth-order valence-corrected chi connectivity index (χ4v) is 6.26. The Labute approximate surface area is 231 Å². The number of aromatic hydroxyl groups is 1. The minimum Gasteiger partial charge on any atom is -0.507 e. The summed E-state index contributed by atoms with van der Waals surface area (Å²) < 4.78 is 0. The summed E-state index contributed by atoms with van der Waals surface area (Å²) in [6, 6.07) is 3.87. The molecule has 1 aliphatic carbocycles. The molecule has 0 spiro atoms. The van der Waals surface area contributed by atoms with Crippen LogP contribution in [0.3, 0.4) is 0 Å². The quantitative estimate of drug-likeness (QED) is 0.164. The van der Waals surface area contributed by atoms with E-state index in [-0.39, 0.29) is 31.4 Å². The number of benzene rings is 1. The van der Waals surface area contributed by atoms with Gasteiger partial charge in [-0.2, -0.15) is 0 Å². The molecule has 39 heavy (non-hydrogen) atoms. The first-order valence-corrected chi connectivity index (χ1v) is 14.0. The molecule has 1 aliphatic heterocycles. The lowest BCUT2D eigenvalue weighted by molar-refractivity contribution is -0.141. The maximum Gasteiger partial charge on any atom is 0.303 e. The van der Waals surface area contributed by atoms with E-state index in [9.17, 15) is 29.7 Å². The Kier molecular flexibility index (Phi) is 10.5. The number of likely N-dealkylation sites (tertiary alicyclic amines) is 1. The van der Waals surface area contributed by atoms with Gasteiger partial charge in [0.15, 0.2) is 0 Å². The van der Waals surface area contributed by atoms with Crippen LogP contribution < -0.4 is 0 Å². The first-order valence-electron chi connectivity index (χ1n) is 14.0. The largest absolute Gasteiger partial charge is 0.507 e. The third kappa shape index (κ3) is 6.97. The highest BCUT2D eigenvalue weighted by Gasteiger charge is 2.54. The SMILES string of the molecule is CC/C(=C\c1cc(C)c(O)c(C)c1)CC[C@@H](O)C1=C(C)C[C@H]2C(=O)N(CCCCCC(=O)O)C(=O)[C@H]2[C@H]1CO. The van der Waals surface area contributed by atoms with Gasteiger partial charge in [0.2, 0.25) is 11.8 Å². The number of amides is 2. The zero-order chi connectivity index (χ0) is 28.9. The molecule has 2 aliphatic rings. The maximum absolute atomic E-state index is 13.3. The summed E-state index contributed by atoms with van der Waals surface area (Å²) in [5.74, 6) is -2.92. The van der Waals surface area contributed by atoms with E-state index >= 15 is 0 Å². The number of aliphatic hydroxyl groups excluding tert-OH is 2. The van der Waals surface area contributed by atoms with Gasteiger partial charge in [-0.15, -0.1) is 0 Å². The van der Waals surface area contributed by atoms with E-state index in [4.69, 9.17) is 5.11 Å². The van der Waals surface area contributed by atoms with Crippen molar-refractivity contribution in [2.45, 2.75) is 85.2 Å². The number of phenols is 1. The van der Waals surface area contributed by atoms with Crippen LogP contribution in [0.2, 0.25) is 0 Å². The van der Waals surface area contributed by atoms with Gasteiger partial charge in [0.25, 0.3) is 0 Å². The summed E-state index contributed by atoms with van der Waals surface area (Å²) in [5.41, 5.74) is 5.30. The molecule has 1 saturated heterocycles. The summed E-state index contributed by atoms with van der Waals surface area (Å²) in [6.45, 7) is 7.60. The third-order valence-electron chi connectivity index (χ3n) is 8.33. The lowest BCUT2D eigenvalue weighted by atomic mass is 9.68. The van der Waals surface area contributed by atoms with E-state index in [0.717, 1.165) is 34.3 Å². The number of unbranched alkanes of at least 4 members (excludes halogenated alkanes) is 2.